The highest BCUT2D eigenvalue weighted by atomic mass is 33.1. The predicted molar refractivity (Wildman–Crippen MR) is 269 cm³/mol. The van der Waals surface area contributed by atoms with Crippen LogP contribution in [0.3, 0.4) is 0 Å². The van der Waals surface area contributed by atoms with Gasteiger partial charge >= 0.3 is 6.09 Å². The van der Waals surface area contributed by atoms with E-state index in [-0.39, 0.29) is 59.5 Å². The van der Waals surface area contributed by atoms with E-state index in [1.165, 1.54) is 18.3 Å². The van der Waals surface area contributed by atoms with E-state index in [1.807, 2.05) is 26.0 Å². The first-order valence-corrected chi connectivity index (χ1v) is 27.0. The monoisotopic (exact) mass is 1010 g/mol. The number of ketones is 2. The molecular formula is C47H58N6O11S4. The minimum atomic E-state index is -2.04. The van der Waals surface area contributed by atoms with E-state index in [0.29, 0.717) is 16.6 Å². The van der Waals surface area contributed by atoms with E-state index >= 15 is 4.79 Å². The van der Waals surface area contributed by atoms with E-state index in [9.17, 15) is 19.8 Å². The number of nitrogens with two attached hydrogens (primary N) is 1. The molecule has 2 fully saturated rings. The van der Waals surface area contributed by atoms with Gasteiger partial charge in [0.15, 0.2) is 18.4 Å². The number of anilines is 1. The molecule has 2 saturated heterocycles. The maximum absolute atomic E-state index is 15.4. The van der Waals surface area contributed by atoms with Crippen LogP contribution in [-0.4, -0.2) is 143 Å². The molecule has 1 aromatic carbocycles. The topological polar surface area (TPSA) is 238 Å². The van der Waals surface area contributed by atoms with Gasteiger partial charge in [-0.3, -0.25) is 25.7 Å². The molecule has 8 unspecified atom stereocenters. The summed E-state index contributed by atoms with van der Waals surface area (Å²) in [6.07, 6.45) is -1.92. The SMILES string of the molecule is CC#C/C=C\C#C[C@H](OC1OC(C)C(SC)(C(=O)c2nccc3c2[nH]c2ccc(NN)cc23)C(O)C1OC1CC(OC)C(NC(C)C)CO1)C1=C(NC(=O)OC)C(=O)C[C@H](O)/C1=C/CS(C)(=S)=S. The average Bonchev–Trinajstić information content (AvgIpc) is 3.68. The third kappa shape index (κ3) is 11.6. The number of H-pyrrole nitrogens is 1. The maximum Gasteiger partial charge on any atom is 0.411 e. The lowest BCUT2D eigenvalue weighted by Gasteiger charge is -2.51. The molecule has 1 amide bonds. The van der Waals surface area contributed by atoms with Crippen molar-refractivity contribution in [2.24, 2.45) is 5.84 Å². The standard InChI is InChI=1S/C47H58N6O11S4/c1-9-10-11-12-13-14-35(38-29(18-20-68(8,65)66)33(54)22-34(55)40(38)52-46(58)60-6)63-45-42(64-37-23-36(59-5)32(24-61-37)50-25(2)3)44(57)47(67-7,26(4)62-45)43(56)41-39-28(17-19-49-41)30-21-27(53-48)15-16-31(30)51-39/h11-12,15-19,21,25-26,32-33,35-37,42,44-45,50-51,53-54,57H,20,22-24,48H2,1-8H3,(H,52,58)/b12-11-,29-18-/t26?,32?,33-,35-,36?,37?,42?,44?,45?,47?/m0/s1. The van der Waals surface area contributed by atoms with Crippen molar-refractivity contribution < 1.29 is 53.0 Å². The zero-order valence-electron chi connectivity index (χ0n) is 38.9. The molecule has 0 spiro atoms. The number of aliphatic hydroxyl groups excluding tert-OH is 2. The number of aliphatic hydroxyl groups is 2. The average molecular weight is 1010 g/mol. The van der Waals surface area contributed by atoms with Gasteiger partial charge in [0, 0.05) is 65.5 Å². The predicted octanol–water partition coefficient (Wildman–Crippen LogP) is 3.45. The van der Waals surface area contributed by atoms with E-state index in [1.54, 1.807) is 51.7 Å². The summed E-state index contributed by atoms with van der Waals surface area (Å²) in [5, 5.41) is 32.0. The molecule has 1 aliphatic carbocycles. The number of hydrogen-bond donors (Lipinski definition) is 7. The van der Waals surface area contributed by atoms with E-state index in [0.717, 1.165) is 29.8 Å². The molecule has 3 aromatic rings. The van der Waals surface area contributed by atoms with Crippen molar-refractivity contribution in [2.75, 3.05) is 44.5 Å². The van der Waals surface area contributed by atoms with Gasteiger partial charge < -0.3 is 54.4 Å². The highest BCUT2D eigenvalue weighted by Gasteiger charge is 2.61. The van der Waals surface area contributed by atoms with Gasteiger partial charge in [-0.1, -0.05) is 44.8 Å². The Balaban J connectivity index is 1.51. The van der Waals surface area contributed by atoms with Crippen LogP contribution >= 0.6 is 11.8 Å². The Bertz CT molecular complexity index is 2720. The first-order valence-electron chi connectivity index (χ1n) is 21.7. The molecule has 17 nitrogen and oxygen atoms in total. The second kappa shape index (κ2) is 23.1. The van der Waals surface area contributed by atoms with Crippen LogP contribution < -0.4 is 21.9 Å². The molecule has 4 heterocycles. The van der Waals surface area contributed by atoms with Gasteiger partial charge in [-0.2, -0.15) is 0 Å². The fourth-order valence-corrected chi connectivity index (χ4v) is 10.5. The number of pyridine rings is 1. The molecule has 10 atom stereocenters. The fourth-order valence-electron chi connectivity index (χ4n) is 8.60. The third-order valence-corrected chi connectivity index (χ3v) is 14.8. The lowest BCUT2D eigenvalue weighted by Crippen LogP contribution is -2.68. The summed E-state index contributed by atoms with van der Waals surface area (Å²) < 4.78 is 35.6. The lowest BCUT2D eigenvalue weighted by molar-refractivity contribution is -0.323. The Morgan fingerprint density at radius 2 is 1.93 bits per heavy atom. The van der Waals surface area contributed by atoms with Crippen LogP contribution in [0.4, 0.5) is 10.5 Å². The minimum Gasteiger partial charge on any atom is -0.453 e. The molecular weight excluding hydrogens is 953 g/mol. The highest BCUT2D eigenvalue weighted by Crippen LogP contribution is 2.46. The molecule has 21 heteroatoms. The van der Waals surface area contributed by atoms with Crippen molar-refractivity contribution in [3.63, 3.8) is 0 Å². The number of thioether (sulfide) groups is 1. The Hall–Kier alpha value is -4.30. The number of carbonyl (C=O) groups excluding carboxylic acids is 3. The highest BCUT2D eigenvalue weighted by molar-refractivity contribution is 8.56. The largest absolute Gasteiger partial charge is 0.453 e. The third-order valence-electron chi connectivity index (χ3n) is 11.8. The number of aromatic amines is 1. The van der Waals surface area contributed by atoms with Gasteiger partial charge in [0.05, 0.1) is 49.3 Å². The number of nitrogen functional groups attached to an aromatic ring is 1. The molecule has 366 valence electrons. The van der Waals surface area contributed by atoms with E-state index in [2.05, 4.69) is 49.7 Å². The molecule has 3 aliphatic rings. The number of Topliss-reactive ketones (excluding diaryl/α,β-unsaturated/α-hetero) is 2. The van der Waals surface area contributed by atoms with Crippen LogP contribution in [0.5, 0.6) is 0 Å². The summed E-state index contributed by atoms with van der Waals surface area (Å²) in [6.45, 7) is 7.47. The number of carbonyl (C=O) groups is 3. The van der Waals surface area contributed by atoms with Gasteiger partial charge in [-0.15, -0.1) is 17.7 Å². The summed E-state index contributed by atoms with van der Waals surface area (Å²) >= 11 is 12.2. The quantitative estimate of drug-likeness (QED) is 0.0500. The summed E-state index contributed by atoms with van der Waals surface area (Å²) in [4.78, 5) is 50.0. The number of nitrogens with one attached hydrogen (secondary N) is 4. The molecule has 0 radical (unpaired) electrons. The van der Waals surface area contributed by atoms with E-state index < -0.39 is 79.1 Å². The second-order valence-corrected chi connectivity index (χ2v) is 25.0. The molecule has 2 aliphatic heterocycles. The molecule has 68 heavy (non-hydrogen) atoms. The first-order chi connectivity index (χ1) is 32.4. The number of alkyl carbamates (subject to hydrolysis) is 1. The summed E-state index contributed by atoms with van der Waals surface area (Å²) in [7, 11) is 0.682. The minimum absolute atomic E-state index is 0.0313. The summed E-state index contributed by atoms with van der Waals surface area (Å²) in [5.41, 5.74) is 4.37. The number of rotatable bonds is 15. The van der Waals surface area contributed by atoms with Crippen LogP contribution in [0.2, 0.25) is 0 Å². The number of hydrogen-bond acceptors (Lipinski definition) is 18. The second-order valence-electron chi connectivity index (χ2n) is 16.7. The van der Waals surface area contributed by atoms with Gasteiger partial charge in [0.25, 0.3) is 0 Å². The Morgan fingerprint density at radius 3 is 2.59 bits per heavy atom. The molecule has 0 bridgehead atoms. The molecule has 2 aromatic heterocycles. The first kappa shape index (κ1) is 53.1. The molecule has 8 N–H and O–H groups in total. The van der Waals surface area contributed by atoms with Gasteiger partial charge in [-0.05, 0) is 90.7 Å². The molecule has 0 saturated carbocycles. The number of aromatic nitrogens is 2. The van der Waals surface area contributed by atoms with Gasteiger partial charge in [-0.25, -0.2) is 4.79 Å². The zero-order valence-corrected chi connectivity index (χ0v) is 42.2. The number of nitrogens with zero attached hydrogens (tertiary/aromatic N) is 1. The Kier molecular flexibility index (Phi) is 18.0. The Morgan fingerprint density at radius 1 is 1.18 bits per heavy atom. The number of fused-ring (bicyclic) bond motifs is 3. The lowest BCUT2D eigenvalue weighted by atomic mass is 9.82. The number of ether oxygens (including phenoxy) is 6. The van der Waals surface area contributed by atoms with Crippen molar-refractivity contribution in [3.05, 3.63) is 71.2 Å². The van der Waals surface area contributed by atoms with E-state index in [4.69, 9.17) is 56.6 Å². The van der Waals surface area contributed by atoms with Crippen LogP contribution in [0, 0.1) is 23.7 Å². The number of methoxy groups -OCH3 is 2. The summed E-state index contributed by atoms with van der Waals surface area (Å²) in [6, 6.07) is 7.16. The van der Waals surface area contributed by atoms with Crippen LogP contribution in [0.25, 0.3) is 21.8 Å². The van der Waals surface area contributed by atoms with Crippen molar-refractivity contribution in [2.45, 2.75) is 107 Å². The number of hydrazine groups is 1. The van der Waals surface area contributed by atoms with Crippen molar-refractivity contribution in [1.29, 1.82) is 0 Å². The fraction of sp³-hybridized carbons (Fsp3) is 0.489. The molecule has 6 rings (SSSR count). The van der Waals surface area contributed by atoms with Crippen LogP contribution in [0.15, 0.2) is 65.5 Å². The van der Waals surface area contributed by atoms with Crippen LogP contribution in [-0.2, 0) is 62.7 Å². The van der Waals surface area contributed by atoms with Crippen molar-refractivity contribution >= 4 is 86.4 Å². The smallest absolute Gasteiger partial charge is 0.411 e. The zero-order chi connectivity index (χ0) is 49.5. The number of amides is 1. The normalized spacial score (nSPS) is 27.8. The van der Waals surface area contributed by atoms with Crippen molar-refractivity contribution in [3.8, 4) is 23.7 Å². The van der Waals surface area contributed by atoms with Gasteiger partial charge in [0.1, 0.15) is 28.8 Å². The van der Waals surface area contributed by atoms with Crippen molar-refractivity contribution in [1.82, 2.24) is 20.6 Å². The number of benzene rings is 1. The summed E-state index contributed by atoms with van der Waals surface area (Å²) in [5.74, 6) is 16.1. The number of allylic oxidation sites excluding steroid dienone is 3. The van der Waals surface area contributed by atoms with Gasteiger partial charge in [0.2, 0.25) is 5.78 Å². The maximum atomic E-state index is 15.4. The van der Waals surface area contributed by atoms with Crippen LogP contribution in [0.1, 0.15) is 51.0 Å². The Labute approximate surface area is 409 Å².